The Balaban J connectivity index is 1.62. The maximum absolute atomic E-state index is 5.55. The fourth-order valence-corrected chi connectivity index (χ4v) is 2.82. The molecule has 0 radical (unpaired) electrons. The molecule has 2 rings (SSSR count). The molecule has 0 bridgehead atoms. The van der Waals surface area contributed by atoms with Gasteiger partial charge in [-0.1, -0.05) is 0 Å². The van der Waals surface area contributed by atoms with Crippen LogP contribution in [0, 0.1) is 5.92 Å². The third-order valence-corrected chi connectivity index (χ3v) is 3.94. The van der Waals surface area contributed by atoms with Crippen LogP contribution in [0.5, 0.6) is 0 Å². The number of ether oxygens (including phenoxy) is 1. The van der Waals surface area contributed by atoms with E-state index in [1.165, 1.54) is 45.2 Å². The Morgan fingerprint density at radius 1 is 1.44 bits per heavy atom. The Bertz CT molecular complexity index is 196. The molecule has 0 aromatic rings. The molecular formula is C13H26N2O. The average molecular weight is 226 g/mol. The molecule has 0 aromatic carbocycles. The highest BCUT2D eigenvalue weighted by molar-refractivity contribution is 4.85. The molecule has 3 nitrogen and oxygen atoms in total. The largest absolute Gasteiger partial charge is 0.380 e. The molecule has 2 aliphatic rings. The molecule has 2 N–H and O–H groups in total. The fraction of sp³-hybridized carbons (Fsp3) is 1.00. The van der Waals surface area contributed by atoms with E-state index in [0.29, 0.717) is 0 Å². The number of hydrogen-bond acceptors (Lipinski definition) is 3. The Kier molecular flexibility index (Phi) is 4.62. The normalized spacial score (nSPS) is 36.2. The van der Waals surface area contributed by atoms with Crippen molar-refractivity contribution in [1.29, 1.82) is 0 Å². The van der Waals surface area contributed by atoms with Crippen LogP contribution in [0.3, 0.4) is 0 Å². The topological polar surface area (TPSA) is 33.3 Å². The van der Waals surface area contributed by atoms with Gasteiger partial charge in [0.15, 0.2) is 0 Å². The molecule has 16 heavy (non-hydrogen) atoms. The third-order valence-electron chi connectivity index (χ3n) is 3.94. The lowest BCUT2D eigenvalue weighted by Crippen LogP contribution is -2.49. The smallest absolute Gasteiger partial charge is 0.0645 e. The minimum Gasteiger partial charge on any atom is -0.380 e. The summed E-state index contributed by atoms with van der Waals surface area (Å²) in [6.45, 7) is 7.71. The third kappa shape index (κ3) is 3.72. The van der Waals surface area contributed by atoms with Gasteiger partial charge in [0.05, 0.1) is 6.61 Å². The summed E-state index contributed by atoms with van der Waals surface area (Å²) in [6, 6.07) is 0. The standard InChI is InChI=1S/C13H26N2O/c1-13(6-3-9-16-11-13)15-8-5-12-4-2-7-14-10-12/h12,14-15H,2-11H2,1H3. The van der Waals surface area contributed by atoms with Crippen LogP contribution in [0.2, 0.25) is 0 Å². The summed E-state index contributed by atoms with van der Waals surface area (Å²) in [6.07, 6.45) is 6.53. The number of rotatable bonds is 4. The Labute approximate surface area is 99.3 Å². The monoisotopic (exact) mass is 226 g/mol. The molecule has 2 saturated heterocycles. The fourth-order valence-electron chi connectivity index (χ4n) is 2.82. The van der Waals surface area contributed by atoms with E-state index in [-0.39, 0.29) is 5.54 Å². The van der Waals surface area contributed by atoms with E-state index in [4.69, 9.17) is 4.74 Å². The first-order valence-electron chi connectivity index (χ1n) is 6.82. The first-order chi connectivity index (χ1) is 7.79. The summed E-state index contributed by atoms with van der Waals surface area (Å²) < 4.78 is 5.55. The molecule has 2 heterocycles. The first kappa shape index (κ1) is 12.3. The summed E-state index contributed by atoms with van der Waals surface area (Å²) in [5.74, 6) is 0.884. The van der Waals surface area contributed by atoms with Gasteiger partial charge < -0.3 is 15.4 Å². The zero-order chi connectivity index (χ0) is 11.3. The van der Waals surface area contributed by atoms with E-state index in [1.54, 1.807) is 0 Å². The Morgan fingerprint density at radius 3 is 3.06 bits per heavy atom. The van der Waals surface area contributed by atoms with Crippen molar-refractivity contribution >= 4 is 0 Å². The van der Waals surface area contributed by atoms with Crippen molar-refractivity contribution in [3.8, 4) is 0 Å². The van der Waals surface area contributed by atoms with Crippen LogP contribution in [-0.4, -0.2) is 38.4 Å². The van der Waals surface area contributed by atoms with Gasteiger partial charge in [0.1, 0.15) is 0 Å². The molecule has 0 saturated carbocycles. The maximum atomic E-state index is 5.55. The van der Waals surface area contributed by atoms with Gasteiger partial charge >= 0.3 is 0 Å². The van der Waals surface area contributed by atoms with Crippen molar-refractivity contribution in [2.24, 2.45) is 5.92 Å². The summed E-state index contributed by atoms with van der Waals surface area (Å²) in [7, 11) is 0. The van der Waals surface area contributed by atoms with Crippen LogP contribution >= 0.6 is 0 Å². The van der Waals surface area contributed by atoms with Gasteiger partial charge in [0.2, 0.25) is 0 Å². The summed E-state index contributed by atoms with van der Waals surface area (Å²) >= 11 is 0. The molecule has 2 unspecified atom stereocenters. The Morgan fingerprint density at radius 2 is 2.38 bits per heavy atom. The van der Waals surface area contributed by atoms with Gasteiger partial charge in [0, 0.05) is 12.1 Å². The van der Waals surface area contributed by atoms with Crippen LogP contribution in [0.25, 0.3) is 0 Å². The van der Waals surface area contributed by atoms with Crippen molar-refractivity contribution in [2.45, 2.75) is 44.6 Å². The van der Waals surface area contributed by atoms with Gasteiger partial charge in [-0.3, -0.25) is 0 Å². The SMILES string of the molecule is CC1(NCCC2CCCNC2)CCCOC1. The second kappa shape index (κ2) is 5.99. The molecular weight excluding hydrogens is 200 g/mol. The minimum atomic E-state index is 0.236. The van der Waals surface area contributed by atoms with Crippen molar-refractivity contribution in [3.05, 3.63) is 0 Å². The van der Waals surface area contributed by atoms with Gasteiger partial charge in [0.25, 0.3) is 0 Å². The quantitative estimate of drug-likeness (QED) is 0.763. The molecule has 0 amide bonds. The zero-order valence-electron chi connectivity index (χ0n) is 10.6. The second-order valence-corrected chi connectivity index (χ2v) is 5.64. The molecule has 3 heteroatoms. The maximum Gasteiger partial charge on any atom is 0.0645 e. The van der Waals surface area contributed by atoms with Crippen LogP contribution in [0.4, 0.5) is 0 Å². The van der Waals surface area contributed by atoms with E-state index in [0.717, 1.165) is 25.7 Å². The molecule has 0 aliphatic carbocycles. The highest BCUT2D eigenvalue weighted by atomic mass is 16.5. The molecule has 94 valence electrons. The van der Waals surface area contributed by atoms with Crippen molar-refractivity contribution in [3.63, 3.8) is 0 Å². The Hall–Kier alpha value is -0.120. The van der Waals surface area contributed by atoms with E-state index in [9.17, 15) is 0 Å². The molecule has 0 aromatic heterocycles. The summed E-state index contributed by atoms with van der Waals surface area (Å²) in [4.78, 5) is 0. The molecule has 2 aliphatic heterocycles. The predicted octanol–water partition coefficient (Wildman–Crippen LogP) is 1.53. The van der Waals surface area contributed by atoms with Gasteiger partial charge in [-0.05, 0) is 64.6 Å². The van der Waals surface area contributed by atoms with Gasteiger partial charge in [-0.2, -0.15) is 0 Å². The highest BCUT2D eigenvalue weighted by Crippen LogP contribution is 2.19. The van der Waals surface area contributed by atoms with Crippen LogP contribution in [-0.2, 0) is 4.74 Å². The minimum absolute atomic E-state index is 0.236. The number of nitrogens with one attached hydrogen (secondary N) is 2. The summed E-state index contributed by atoms with van der Waals surface area (Å²) in [5.41, 5.74) is 0.236. The van der Waals surface area contributed by atoms with E-state index >= 15 is 0 Å². The zero-order valence-corrected chi connectivity index (χ0v) is 10.6. The predicted molar refractivity (Wildman–Crippen MR) is 66.7 cm³/mol. The van der Waals surface area contributed by atoms with Crippen LogP contribution in [0.15, 0.2) is 0 Å². The van der Waals surface area contributed by atoms with E-state index in [2.05, 4.69) is 17.6 Å². The lowest BCUT2D eigenvalue weighted by atomic mass is 9.93. The summed E-state index contributed by atoms with van der Waals surface area (Å²) in [5, 5.41) is 7.17. The lowest BCUT2D eigenvalue weighted by molar-refractivity contribution is 0.0280. The second-order valence-electron chi connectivity index (χ2n) is 5.64. The lowest BCUT2D eigenvalue weighted by Gasteiger charge is -2.35. The molecule has 2 atom stereocenters. The van der Waals surface area contributed by atoms with Crippen molar-refractivity contribution < 1.29 is 4.74 Å². The van der Waals surface area contributed by atoms with Gasteiger partial charge in [-0.25, -0.2) is 0 Å². The average Bonchev–Trinajstić information content (AvgIpc) is 2.31. The molecule has 0 spiro atoms. The van der Waals surface area contributed by atoms with Crippen molar-refractivity contribution in [1.82, 2.24) is 10.6 Å². The highest BCUT2D eigenvalue weighted by Gasteiger charge is 2.26. The number of hydrogen-bond donors (Lipinski definition) is 2. The molecule has 2 fully saturated rings. The van der Waals surface area contributed by atoms with Crippen molar-refractivity contribution in [2.75, 3.05) is 32.8 Å². The van der Waals surface area contributed by atoms with Crippen LogP contribution < -0.4 is 10.6 Å². The first-order valence-corrected chi connectivity index (χ1v) is 6.82. The van der Waals surface area contributed by atoms with E-state index < -0.39 is 0 Å². The number of piperidine rings is 1. The van der Waals surface area contributed by atoms with Gasteiger partial charge in [-0.15, -0.1) is 0 Å². The van der Waals surface area contributed by atoms with E-state index in [1.807, 2.05) is 0 Å². The van der Waals surface area contributed by atoms with Crippen LogP contribution in [0.1, 0.15) is 39.0 Å².